The molecule has 0 radical (unpaired) electrons. The summed E-state index contributed by atoms with van der Waals surface area (Å²) in [5.41, 5.74) is 7.74. The van der Waals surface area contributed by atoms with Crippen molar-refractivity contribution in [3.05, 3.63) is 23.8 Å². The van der Waals surface area contributed by atoms with E-state index in [9.17, 15) is 4.79 Å². The fourth-order valence-electron chi connectivity index (χ4n) is 1.43. The predicted octanol–water partition coefficient (Wildman–Crippen LogP) is 3.01. The van der Waals surface area contributed by atoms with E-state index in [2.05, 4.69) is 0 Å². The van der Waals surface area contributed by atoms with Crippen molar-refractivity contribution in [1.82, 2.24) is 0 Å². The summed E-state index contributed by atoms with van der Waals surface area (Å²) in [6.45, 7) is 6.21. The first-order chi connectivity index (χ1) is 8.08. The number of nitrogen functional groups attached to an aromatic ring is 1. The van der Waals surface area contributed by atoms with Crippen LogP contribution in [0.1, 0.15) is 25.8 Å². The summed E-state index contributed by atoms with van der Waals surface area (Å²) in [7, 11) is 0. The molecule has 0 saturated heterocycles. The number of rotatable bonds is 5. The Labute approximate surface area is 107 Å². The molecule has 0 bridgehead atoms. The molecule has 0 aliphatic carbocycles. The standard InChI is InChI=1S/C13H19NO2S/c1-4-11(13(15)16-5-2)17-12-8-9(3)6-7-10(12)14/h6-8,11H,4-5,14H2,1-3H3. The molecule has 1 unspecified atom stereocenters. The van der Waals surface area contributed by atoms with Crippen molar-refractivity contribution in [3.63, 3.8) is 0 Å². The Morgan fingerprint density at radius 2 is 2.18 bits per heavy atom. The number of anilines is 1. The van der Waals surface area contributed by atoms with Crippen molar-refractivity contribution in [2.75, 3.05) is 12.3 Å². The SMILES string of the molecule is CCOC(=O)C(CC)Sc1cc(C)ccc1N. The fraction of sp³-hybridized carbons (Fsp3) is 0.462. The molecule has 1 atom stereocenters. The normalized spacial score (nSPS) is 12.2. The van der Waals surface area contributed by atoms with Crippen LogP contribution in [0, 0.1) is 6.92 Å². The average Bonchev–Trinajstić information content (AvgIpc) is 2.30. The lowest BCUT2D eigenvalue weighted by Crippen LogP contribution is -2.19. The van der Waals surface area contributed by atoms with E-state index in [-0.39, 0.29) is 11.2 Å². The molecule has 0 aliphatic rings. The number of ether oxygens (including phenoxy) is 1. The van der Waals surface area contributed by atoms with Crippen molar-refractivity contribution in [3.8, 4) is 0 Å². The van der Waals surface area contributed by atoms with Gasteiger partial charge in [-0.1, -0.05) is 13.0 Å². The van der Waals surface area contributed by atoms with Gasteiger partial charge < -0.3 is 10.5 Å². The van der Waals surface area contributed by atoms with Gasteiger partial charge in [-0.25, -0.2) is 0 Å². The molecule has 0 saturated carbocycles. The zero-order chi connectivity index (χ0) is 12.8. The van der Waals surface area contributed by atoms with Gasteiger partial charge in [0, 0.05) is 10.6 Å². The lowest BCUT2D eigenvalue weighted by atomic mass is 10.2. The second-order valence-corrected chi connectivity index (χ2v) is 5.05. The van der Waals surface area contributed by atoms with Gasteiger partial charge in [0.2, 0.25) is 0 Å². The summed E-state index contributed by atoms with van der Waals surface area (Å²) in [6.07, 6.45) is 0.733. The topological polar surface area (TPSA) is 52.3 Å². The highest BCUT2D eigenvalue weighted by atomic mass is 32.2. The fourth-order valence-corrected chi connectivity index (χ4v) is 2.53. The summed E-state index contributed by atoms with van der Waals surface area (Å²) >= 11 is 1.48. The molecule has 4 heteroatoms. The number of thioether (sulfide) groups is 1. The molecule has 0 aliphatic heterocycles. The quantitative estimate of drug-likeness (QED) is 0.498. The van der Waals surface area contributed by atoms with E-state index >= 15 is 0 Å². The number of hydrogen-bond donors (Lipinski definition) is 1. The number of esters is 1. The number of aryl methyl sites for hydroxylation is 1. The number of benzene rings is 1. The summed E-state index contributed by atoms with van der Waals surface area (Å²) in [5.74, 6) is -0.166. The van der Waals surface area contributed by atoms with Gasteiger partial charge in [-0.15, -0.1) is 11.8 Å². The molecule has 1 aromatic rings. The van der Waals surface area contributed by atoms with Gasteiger partial charge in [0.05, 0.1) is 6.61 Å². The van der Waals surface area contributed by atoms with Crippen LogP contribution in [0.15, 0.2) is 23.1 Å². The zero-order valence-electron chi connectivity index (χ0n) is 10.5. The molecule has 94 valence electrons. The molecule has 17 heavy (non-hydrogen) atoms. The highest BCUT2D eigenvalue weighted by molar-refractivity contribution is 8.00. The first kappa shape index (κ1) is 13.9. The van der Waals surface area contributed by atoms with E-state index in [1.165, 1.54) is 11.8 Å². The molecule has 0 heterocycles. The van der Waals surface area contributed by atoms with Crippen LogP contribution in [-0.4, -0.2) is 17.8 Å². The third-order valence-electron chi connectivity index (χ3n) is 2.36. The highest BCUT2D eigenvalue weighted by Gasteiger charge is 2.19. The average molecular weight is 253 g/mol. The smallest absolute Gasteiger partial charge is 0.319 e. The monoisotopic (exact) mass is 253 g/mol. The van der Waals surface area contributed by atoms with Gasteiger partial charge in [-0.2, -0.15) is 0 Å². The van der Waals surface area contributed by atoms with Crippen molar-refractivity contribution in [2.45, 2.75) is 37.3 Å². The van der Waals surface area contributed by atoms with E-state index in [4.69, 9.17) is 10.5 Å². The lowest BCUT2D eigenvalue weighted by Gasteiger charge is -2.14. The molecular weight excluding hydrogens is 234 g/mol. The molecule has 0 amide bonds. The van der Waals surface area contributed by atoms with Gasteiger partial charge in [-0.3, -0.25) is 4.79 Å². The van der Waals surface area contributed by atoms with Gasteiger partial charge >= 0.3 is 5.97 Å². The first-order valence-corrected chi connectivity index (χ1v) is 6.65. The highest BCUT2D eigenvalue weighted by Crippen LogP contribution is 2.31. The summed E-state index contributed by atoms with van der Waals surface area (Å²) in [6, 6.07) is 5.84. The van der Waals surface area contributed by atoms with Gasteiger partial charge in [0.15, 0.2) is 0 Å². The van der Waals surface area contributed by atoms with E-state index < -0.39 is 0 Å². The van der Waals surface area contributed by atoms with Crippen LogP contribution in [0.4, 0.5) is 5.69 Å². The Morgan fingerprint density at radius 1 is 1.47 bits per heavy atom. The van der Waals surface area contributed by atoms with Crippen molar-refractivity contribution >= 4 is 23.4 Å². The second-order valence-electron chi connectivity index (χ2n) is 3.81. The summed E-state index contributed by atoms with van der Waals surface area (Å²) in [4.78, 5) is 12.6. The molecule has 0 aromatic heterocycles. The Morgan fingerprint density at radius 3 is 2.76 bits per heavy atom. The van der Waals surface area contributed by atoms with E-state index in [1.54, 1.807) is 0 Å². The van der Waals surface area contributed by atoms with E-state index in [0.29, 0.717) is 12.3 Å². The second kappa shape index (κ2) is 6.55. The molecule has 2 N–H and O–H groups in total. The van der Waals surface area contributed by atoms with Crippen LogP contribution < -0.4 is 5.73 Å². The maximum absolute atomic E-state index is 11.7. The summed E-state index contributed by atoms with van der Waals surface area (Å²) < 4.78 is 5.04. The van der Waals surface area contributed by atoms with Crippen molar-refractivity contribution < 1.29 is 9.53 Å². The van der Waals surface area contributed by atoms with E-state index in [1.807, 2.05) is 39.0 Å². The largest absolute Gasteiger partial charge is 0.465 e. The lowest BCUT2D eigenvalue weighted by molar-refractivity contribution is -0.142. The Hall–Kier alpha value is -1.16. The summed E-state index contributed by atoms with van der Waals surface area (Å²) in [5, 5.41) is -0.181. The molecule has 3 nitrogen and oxygen atoms in total. The van der Waals surface area contributed by atoms with Gasteiger partial charge in [-0.05, 0) is 38.0 Å². The molecule has 1 rings (SSSR count). The molecule has 1 aromatic carbocycles. The van der Waals surface area contributed by atoms with Gasteiger partial charge in [0.25, 0.3) is 0 Å². The number of carbonyl (C=O) groups is 1. The van der Waals surface area contributed by atoms with Crippen molar-refractivity contribution in [2.24, 2.45) is 0 Å². The van der Waals surface area contributed by atoms with E-state index in [0.717, 1.165) is 16.9 Å². The Kier molecular flexibility index (Phi) is 5.35. The Bertz CT molecular complexity index is 393. The number of carbonyl (C=O) groups excluding carboxylic acids is 1. The first-order valence-electron chi connectivity index (χ1n) is 5.77. The van der Waals surface area contributed by atoms with Crippen LogP contribution in [0.2, 0.25) is 0 Å². The maximum atomic E-state index is 11.7. The Balaban J connectivity index is 2.80. The number of hydrogen-bond acceptors (Lipinski definition) is 4. The predicted molar refractivity (Wildman–Crippen MR) is 72.2 cm³/mol. The van der Waals surface area contributed by atoms with Crippen LogP contribution in [0.3, 0.4) is 0 Å². The number of nitrogens with two attached hydrogens (primary N) is 1. The molecule has 0 spiro atoms. The third-order valence-corrected chi connectivity index (χ3v) is 3.78. The van der Waals surface area contributed by atoms with Crippen molar-refractivity contribution in [1.29, 1.82) is 0 Å². The molecular formula is C13H19NO2S. The van der Waals surface area contributed by atoms with Crippen LogP contribution in [0.5, 0.6) is 0 Å². The molecule has 0 fully saturated rings. The van der Waals surface area contributed by atoms with Crippen LogP contribution >= 0.6 is 11.8 Å². The minimum Gasteiger partial charge on any atom is -0.465 e. The third kappa shape index (κ3) is 3.97. The minimum absolute atomic E-state index is 0.166. The van der Waals surface area contributed by atoms with Crippen LogP contribution in [-0.2, 0) is 9.53 Å². The zero-order valence-corrected chi connectivity index (χ0v) is 11.3. The van der Waals surface area contributed by atoms with Crippen LogP contribution in [0.25, 0.3) is 0 Å². The maximum Gasteiger partial charge on any atom is 0.319 e. The van der Waals surface area contributed by atoms with Gasteiger partial charge in [0.1, 0.15) is 5.25 Å². The minimum atomic E-state index is -0.181.